The molecule has 2 N–H and O–H groups in total. The van der Waals surface area contributed by atoms with Crippen LogP contribution < -0.4 is 10.6 Å². The smallest absolute Gasteiger partial charge is 0.244 e. The molecule has 0 heterocycles. The summed E-state index contributed by atoms with van der Waals surface area (Å²) < 4.78 is 0. The molecule has 0 aromatic carbocycles. The van der Waals surface area contributed by atoms with Crippen molar-refractivity contribution in [2.24, 2.45) is 0 Å². The highest BCUT2D eigenvalue weighted by molar-refractivity contribution is 5.87. The van der Waals surface area contributed by atoms with Crippen molar-refractivity contribution >= 4 is 12.3 Å². The number of nitrogens with one attached hydrogen (secondary N) is 2. The van der Waals surface area contributed by atoms with Crippen LogP contribution in [-0.4, -0.2) is 23.9 Å². The lowest BCUT2D eigenvalue weighted by Gasteiger charge is -2.28. The fraction of sp³-hybridized carbons (Fsp3) is 0.636. The molecule has 0 aromatic heterocycles. The highest BCUT2D eigenvalue weighted by atomic mass is 16.1. The first kappa shape index (κ1) is 13.7. The van der Waals surface area contributed by atoms with Crippen molar-refractivity contribution in [2.75, 3.05) is 0 Å². The molecule has 0 radical (unpaired) electrons. The second-order valence-corrected chi connectivity index (χ2v) is 4.26. The summed E-state index contributed by atoms with van der Waals surface area (Å²) in [5.74, 6) is -0.110. The van der Waals surface area contributed by atoms with E-state index in [-0.39, 0.29) is 17.5 Å². The Bertz CT molecular complexity index is 247. The third-order valence-electron chi connectivity index (χ3n) is 1.95. The Morgan fingerprint density at radius 1 is 1.47 bits per heavy atom. The van der Waals surface area contributed by atoms with Crippen LogP contribution in [0.5, 0.6) is 0 Å². The molecule has 0 aliphatic heterocycles. The minimum absolute atomic E-state index is 0.0448. The second-order valence-electron chi connectivity index (χ2n) is 4.26. The van der Waals surface area contributed by atoms with Crippen molar-refractivity contribution in [3.63, 3.8) is 0 Å². The normalized spacial score (nSPS) is 13.6. The van der Waals surface area contributed by atoms with Gasteiger partial charge in [0.1, 0.15) is 0 Å². The predicted octanol–water partition coefficient (Wildman–Crippen LogP) is 0.982. The average molecular weight is 212 g/mol. The number of carbonyl (C=O) groups excluding carboxylic acids is 2. The molecule has 1 unspecified atom stereocenters. The highest BCUT2D eigenvalue weighted by Gasteiger charge is 2.21. The summed E-state index contributed by atoms with van der Waals surface area (Å²) >= 11 is 0. The molecule has 0 saturated heterocycles. The number of carbonyl (C=O) groups is 2. The molecule has 4 nitrogen and oxygen atoms in total. The monoisotopic (exact) mass is 212 g/mol. The van der Waals surface area contributed by atoms with Crippen LogP contribution in [0.4, 0.5) is 0 Å². The van der Waals surface area contributed by atoms with Crippen molar-refractivity contribution in [3.05, 3.63) is 12.2 Å². The van der Waals surface area contributed by atoms with E-state index in [0.717, 1.165) is 0 Å². The van der Waals surface area contributed by atoms with Gasteiger partial charge in [0.25, 0.3) is 0 Å². The molecule has 86 valence electrons. The number of allylic oxidation sites excluding steroid dienone is 1. The van der Waals surface area contributed by atoms with E-state index in [9.17, 15) is 9.59 Å². The zero-order valence-corrected chi connectivity index (χ0v) is 9.83. The van der Waals surface area contributed by atoms with E-state index in [4.69, 9.17) is 0 Å². The van der Waals surface area contributed by atoms with E-state index in [1.165, 1.54) is 6.08 Å². The number of hydrogen-bond donors (Lipinski definition) is 2. The molecule has 15 heavy (non-hydrogen) atoms. The standard InChI is InChI=1S/C11H20N2O2/c1-5-6-10(15)13-11(3,4)7-9(2)12-8-14/h5-6,8-9H,7H2,1-4H3,(H,12,14)(H,13,15)/b6-5+. The molecule has 2 amide bonds. The van der Waals surface area contributed by atoms with Crippen molar-refractivity contribution in [3.8, 4) is 0 Å². The molecular formula is C11H20N2O2. The number of rotatable bonds is 6. The molecule has 4 heteroatoms. The van der Waals surface area contributed by atoms with E-state index in [1.807, 2.05) is 20.8 Å². The van der Waals surface area contributed by atoms with Gasteiger partial charge in [0.15, 0.2) is 0 Å². The number of amides is 2. The van der Waals surface area contributed by atoms with Crippen molar-refractivity contribution in [2.45, 2.75) is 45.7 Å². The van der Waals surface area contributed by atoms with Crippen LogP contribution in [0.2, 0.25) is 0 Å². The van der Waals surface area contributed by atoms with E-state index < -0.39 is 0 Å². The number of hydrogen-bond acceptors (Lipinski definition) is 2. The van der Waals surface area contributed by atoms with Gasteiger partial charge in [-0.05, 0) is 40.2 Å². The van der Waals surface area contributed by atoms with E-state index in [1.54, 1.807) is 13.0 Å². The summed E-state index contributed by atoms with van der Waals surface area (Å²) in [5, 5.41) is 5.52. The Morgan fingerprint density at radius 3 is 2.53 bits per heavy atom. The quantitative estimate of drug-likeness (QED) is 0.509. The Labute approximate surface area is 91.1 Å². The van der Waals surface area contributed by atoms with Crippen molar-refractivity contribution < 1.29 is 9.59 Å². The van der Waals surface area contributed by atoms with Crippen LogP contribution in [-0.2, 0) is 9.59 Å². The Balaban J connectivity index is 4.16. The first-order chi connectivity index (χ1) is 6.91. The summed E-state index contributed by atoms with van der Waals surface area (Å²) in [7, 11) is 0. The SMILES string of the molecule is C/C=C/C(=O)NC(C)(C)CC(C)NC=O. The minimum atomic E-state index is -0.327. The van der Waals surface area contributed by atoms with Gasteiger partial charge in [-0.1, -0.05) is 6.08 Å². The summed E-state index contributed by atoms with van der Waals surface area (Å²) in [6.07, 6.45) is 4.54. The Kier molecular flexibility index (Phi) is 5.67. The van der Waals surface area contributed by atoms with Gasteiger partial charge < -0.3 is 10.6 Å². The molecular weight excluding hydrogens is 192 g/mol. The molecule has 0 aliphatic rings. The molecule has 0 fully saturated rings. The highest BCUT2D eigenvalue weighted by Crippen LogP contribution is 2.11. The first-order valence-electron chi connectivity index (χ1n) is 5.06. The van der Waals surface area contributed by atoms with E-state index in [2.05, 4.69) is 10.6 Å². The zero-order valence-electron chi connectivity index (χ0n) is 9.83. The summed E-state index contributed by atoms with van der Waals surface area (Å²) in [6.45, 7) is 7.55. The van der Waals surface area contributed by atoms with Crippen LogP contribution in [0.15, 0.2) is 12.2 Å². The van der Waals surface area contributed by atoms with Crippen molar-refractivity contribution in [1.82, 2.24) is 10.6 Å². The maximum Gasteiger partial charge on any atom is 0.244 e. The van der Waals surface area contributed by atoms with Gasteiger partial charge in [0.05, 0.1) is 0 Å². The fourth-order valence-electron chi connectivity index (χ4n) is 1.52. The van der Waals surface area contributed by atoms with Gasteiger partial charge in [-0.25, -0.2) is 0 Å². The second kappa shape index (κ2) is 6.22. The van der Waals surface area contributed by atoms with E-state index in [0.29, 0.717) is 12.8 Å². The lowest BCUT2D eigenvalue weighted by Crippen LogP contribution is -2.46. The van der Waals surface area contributed by atoms with Gasteiger partial charge in [-0.15, -0.1) is 0 Å². The molecule has 0 aliphatic carbocycles. The summed E-state index contributed by atoms with van der Waals surface area (Å²) in [6, 6.07) is 0.0448. The van der Waals surface area contributed by atoms with Gasteiger partial charge in [0, 0.05) is 11.6 Å². The fourth-order valence-corrected chi connectivity index (χ4v) is 1.52. The van der Waals surface area contributed by atoms with Crippen LogP contribution in [0.25, 0.3) is 0 Å². The van der Waals surface area contributed by atoms with Crippen molar-refractivity contribution in [1.29, 1.82) is 0 Å². The first-order valence-corrected chi connectivity index (χ1v) is 5.06. The summed E-state index contributed by atoms with van der Waals surface area (Å²) in [5.41, 5.74) is -0.327. The molecule has 0 spiro atoms. The third kappa shape index (κ3) is 6.71. The van der Waals surface area contributed by atoms with E-state index >= 15 is 0 Å². The third-order valence-corrected chi connectivity index (χ3v) is 1.95. The predicted molar refractivity (Wildman–Crippen MR) is 60.3 cm³/mol. The van der Waals surface area contributed by atoms with Crippen LogP contribution in [0, 0.1) is 0 Å². The maximum atomic E-state index is 11.3. The molecule has 0 bridgehead atoms. The minimum Gasteiger partial charge on any atom is -0.356 e. The largest absolute Gasteiger partial charge is 0.356 e. The Morgan fingerprint density at radius 2 is 2.07 bits per heavy atom. The molecule has 0 saturated carbocycles. The lowest BCUT2D eigenvalue weighted by molar-refractivity contribution is -0.118. The Hall–Kier alpha value is -1.32. The summed E-state index contributed by atoms with van der Waals surface area (Å²) in [4.78, 5) is 21.5. The zero-order chi connectivity index (χ0) is 11.9. The maximum absolute atomic E-state index is 11.3. The molecule has 0 aromatic rings. The van der Waals surface area contributed by atoms with Crippen LogP contribution in [0.3, 0.4) is 0 Å². The average Bonchev–Trinajstić information content (AvgIpc) is 2.01. The lowest BCUT2D eigenvalue weighted by atomic mass is 9.96. The van der Waals surface area contributed by atoms with Crippen LogP contribution in [0.1, 0.15) is 34.1 Å². The molecule has 1 atom stereocenters. The van der Waals surface area contributed by atoms with Gasteiger partial charge in [-0.3, -0.25) is 9.59 Å². The topological polar surface area (TPSA) is 58.2 Å². The molecule has 0 rings (SSSR count). The van der Waals surface area contributed by atoms with Gasteiger partial charge >= 0.3 is 0 Å². The van der Waals surface area contributed by atoms with Gasteiger partial charge in [0.2, 0.25) is 12.3 Å². The van der Waals surface area contributed by atoms with Crippen LogP contribution >= 0.6 is 0 Å². The van der Waals surface area contributed by atoms with Gasteiger partial charge in [-0.2, -0.15) is 0 Å².